The lowest BCUT2D eigenvalue weighted by Gasteiger charge is -2.28. The van der Waals surface area contributed by atoms with Crippen LogP contribution in [0.25, 0.3) is 0 Å². The molecule has 1 fully saturated rings. The van der Waals surface area contributed by atoms with Gasteiger partial charge in [0.25, 0.3) is 5.91 Å². The van der Waals surface area contributed by atoms with Crippen molar-refractivity contribution >= 4 is 17.5 Å². The number of hydrogen-bond donors (Lipinski definition) is 2. The molecule has 2 amide bonds. The fraction of sp³-hybridized carbons (Fsp3) is 0.444. The number of carbonyl (C=O) groups excluding carboxylic acids is 2. The lowest BCUT2D eigenvalue weighted by molar-refractivity contribution is -0.111. The third-order valence-corrected chi connectivity index (χ3v) is 3.87. The largest absolute Gasteiger partial charge is 0.381 e. The molecule has 1 unspecified atom stereocenters. The van der Waals surface area contributed by atoms with Crippen LogP contribution in [0.2, 0.25) is 0 Å². The average molecular weight is 316 g/mol. The molecule has 1 saturated heterocycles. The summed E-state index contributed by atoms with van der Waals surface area (Å²) in [6, 6.07) is 6.80. The molecule has 0 bridgehead atoms. The fourth-order valence-corrected chi connectivity index (χ4v) is 2.79. The van der Waals surface area contributed by atoms with Gasteiger partial charge in [0.15, 0.2) is 0 Å². The zero-order valence-corrected chi connectivity index (χ0v) is 13.7. The van der Waals surface area contributed by atoms with E-state index in [0.29, 0.717) is 17.2 Å². The standard InChI is InChI=1S/C18H24N2O3/c1-4-16(21)19-15-7-5-14(6-8-15)17(22)20-18(2,3)11-13-9-10-23-12-13/h4-8,13H,1,9-12H2,2-3H3,(H,19,21)(H,20,22). The van der Waals surface area contributed by atoms with Gasteiger partial charge in [0.1, 0.15) is 0 Å². The molecule has 2 rings (SSSR count). The second-order valence-corrected chi connectivity index (χ2v) is 6.54. The molecular formula is C18H24N2O3. The Morgan fingerprint density at radius 2 is 2.04 bits per heavy atom. The molecule has 2 N–H and O–H groups in total. The molecule has 5 nitrogen and oxygen atoms in total. The maximum absolute atomic E-state index is 12.4. The third kappa shape index (κ3) is 5.21. The highest BCUT2D eigenvalue weighted by Gasteiger charge is 2.27. The Balaban J connectivity index is 1.93. The van der Waals surface area contributed by atoms with Crippen LogP contribution in [-0.4, -0.2) is 30.6 Å². The number of rotatable bonds is 6. The Bertz CT molecular complexity index is 572. The molecule has 1 atom stereocenters. The molecule has 0 radical (unpaired) electrons. The lowest BCUT2D eigenvalue weighted by Crippen LogP contribution is -2.44. The minimum atomic E-state index is -0.287. The summed E-state index contributed by atoms with van der Waals surface area (Å²) in [5.41, 5.74) is 0.914. The number of anilines is 1. The van der Waals surface area contributed by atoms with E-state index in [1.54, 1.807) is 24.3 Å². The number of ether oxygens (including phenoxy) is 1. The van der Waals surface area contributed by atoms with E-state index in [9.17, 15) is 9.59 Å². The van der Waals surface area contributed by atoms with Crippen LogP contribution in [-0.2, 0) is 9.53 Å². The summed E-state index contributed by atoms with van der Waals surface area (Å²) in [6.45, 7) is 9.05. The van der Waals surface area contributed by atoms with Crippen molar-refractivity contribution in [1.29, 1.82) is 0 Å². The summed E-state index contributed by atoms with van der Waals surface area (Å²) in [7, 11) is 0. The molecule has 0 aromatic heterocycles. The summed E-state index contributed by atoms with van der Waals surface area (Å²) in [5.74, 6) is 0.111. The molecule has 1 aliphatic rings. The topological polar surface area (TPSA) is 67.4 Å². The maximum atomic E-state index is 12.4. The molecule has 1 aliphatic heterocycles. The maximum Gasteiger partial charge on any atom is 0.251 e. The van der Waals surface area contributed by atoms with E-state index >= 15 is 0 Å². The molecule has 124 valence electrons. The van der Waals surface area contributed by atoms with E-state index in [4.69, 9.17) is 4.74 Å². The molecule has 23 heavy (non-hydrogen) atoms. The number of amides is 2. The molecule has 1 aromatic carbocycles. The van der Waals surface area contributed by atoms with Crippen LogP contribution >= 0.6 is 0 Å². The van der Waals surface area contributed by atoms with E-state index < -0.39 is 0 Å². The second-order valence-electron chi connectivity index (χ2n) is 6.54. The first-order chi connectivity index (χ1) is 10.9. The summed E-state index contributed by atoms with van der Waals surface area (Å²) in [6.07, 6.45) is 3.15. The van der Waals surface area contributed by atoms with Crippen molar-refractivity contribution in [2.75, 3.05) is 18.5 Å². The average Bonchev–Trinajstić information content (AvgIpc) is 2.99. The van der Waals surface area contributed by atoms with Crippen molar-refractivity contribution < 1.29 is 14.3 Å². The van der Waals surface area contributed by atoms with Crippen molar-refractivity contribution in [2.24, 2.45) is 5.92 Å². The van der Waals surface area contributed by atoms with Crippen LogP contribution in [0.4, 0.5) is 5.69 Å². The van der Waals surface area contributed by atoms with Gasteiger partial charge in [0.05, 0.1) is 0 Å². The van der Waals surface area contributed by atoms with E-state index in [-0.39, 0.29) is 17.4 Å². The zero-order valence-electron chi connectivity index (χ0n) is 13.7. The van der Waals surface area contributed by atoms with Gasteiger partial charge in [-0.3, -0.25) is 9.59 Å². The van der Waals surface area contributed by atoms with E-state index in [2.05, 4.69) is 17.2 Å². The minimum Gasteiger partial charge on any atom is -0.381 e. The molecule has 5 heteroatoms. The van der Waals surface area contributed by atoms with E-state index in [1.807, 2.05) is 13.8 Å². The number of benzene rings is 1. The predicted octanol–water partition coefficient (Wildman–Crippen LogP) is 2.75. The minimum absolute atomic E-state index is 0.115. The Morgan fingerprint density at radius 1 is 1.35 bits per heavy atom. The highest BCUT2D eigenvalue weighted by atomic mass is 16.5. The smallest absolute Gasteiger partial charge is 0.251 e. The normalized spacial score (nSPS) is 17.6. The van der Waals surface area contributed by atoms with Gasteiger partial charge < -0.3 is 15.4 Å². The van der Waals surface area contributed by atoms with Gasteiger partial charge in [-0.15, -0.1) is 0 Å². The summed E-state index contributed by atoms with van der Waals surface area (Å²) in [5, 5.41) is 5.72. The summed E-state index contributed by atoms with van der Waals surface area (Å²) >= 11 is 0. The van der Waals surface area contributed by atoms with Gasteiger partial charge in [0.2, 0.25) is 5.91 Å². The van der Waals surface area contributed by atoms with Gasteiger partial charge in [-0.05, 0) is 62.9 Å². The highest BCUT2D eigenvalue weighted by molar-refractivity contribution is 5.99. The van der Waals surface area contributed by atoms with Gasteiger partial charge in [-0.25, -0.2) is 0 Å². The van der Waals surface area contributed by atoms with E-state index in [0.717, 1.165) is 26.1 Å². The number of nitrogens with one attached hydrogen (secondary N) is 2. The third-order valence-electron chi connectivity index (χ3n) is 3.87. The van der Waals surface area contributed by atoms with Crippen molar-refractivity contribution in [3.63, 3.8) is 0 Å². The Labute approximate surface area is 137 Å². The molecule has 1 heterocycles. The zero-order chi connectivity index (χ0) is 16.9. The first kappa shape index (κ1) is 17.2. The monoisotopic (exact) mass is 316 g/mol. The first-order valence-electron chi connectivity index (χ1n) is 7.83. The highest BCUT2D eigenvalue weighted by Crippen LogP contribution is 2.24. The van der Waals surface area contributed by atoms with Crippen molar-refractivity contribution in [3.8, 4) is 0 Å². The SMILES string of the molecule is C=CC(=O)Nc1ccc(C(=O)NC(C)(C)CC2CCOC2)cc1. The van der Waals surface area contributed by atoms with Gasteiger partial charge in [-0.2, -0.15) is 0 Å². The van der Waals surface area contributed by atoms with Gasteiger partial charge in [-0.1, -0.05) is 6.58 Å². The summed E-state index contributed by atoms with van der Waals surface area (Å²) < 4.78 is 5.39. The van der Waals surface area contributed by atoms with Crippen molar-refractivity contribution in [3.05, 3.63) is 42.5 Å². The van der Waals surface area contributed by atoms with Gasteiger partial charge in [0, 0.05) is 30.0 Å². The van der Waals surface area contributed by atoms with Crippen molar-refractivity contribution in [2.45, 2.75) is 32.2 Å². The molecule has 1 aromatic rings. The molecule has 0 saturated carbocycles. The molecule has 0 spiro atoms. The Hall–Kier alpha value is -2.14. The summed E-state index contributed by atoms with van der Waals surface area (Å²) in [4.78, 5) is 23.6. The van der Waals surface area contributed by atoms with Crippen LogP contribution < -0.4 is 10.6 Å². The van der Waals surface area contributed by atoms with Crippen LogP contribution in [0, 0.1) is 5.92 Å². The Morgan fingerprint density at radius 3 is 2.61 bits per heavy atom. The lowest BCUT2D eigenvalue weighted by atomic mass is 9.90. The molecular weight excluding hydrogens is 292 g/mol. The number of hydrogen-bond acceptors (Lipinski definition) is 3. The first-order valence-corrected chi connectivity index (χ1v) is 7.83. The predicted molar refractivity (Wildman–Crippen MR) is 90.4 cm³/mol. The van der Waals surface area contributed by atoms with Gasteiger partial charge >= 0.3 is 0 Å². The van der Waals surface area contributed by atoms with Crippen LogP contribution in [0.15, 0.2) is 36.9 Å². The quantitative estimate of drug-likeness (QED) is 0.793. The van der Waals surface area contributed by atoms with Crippen LogP contribution in [0.5, 0.6) is 0 Å². The molecule has 0 aliphatic carbocycles. The second kappa shape index (κ2) is 7.42. The number of carbonyl (C=O) groups is 2. The van der Waals surface area contributed by atoms with Crippen LogP contribution in [0.1, 0.15) is 37.0 Å². The van der Waals surface area contributed by atoms with Crippen LogP contribution in [0.3, 0.4) is 0 Å². The van der Waals surface area contributed by atoms with E-state index in [1.165, 1.54) is 6.08 Å². The fourth-order valence-electron chi connectivity index (χ4n) is 2.79. The Kier molecular flexibility index (Phi) is 5.55. The van der Waals surface area contributed by atoms with Crippen molar-refractivity contribution in [1.82, 2.24) is 5.32 Å².